The molecule has 0 fully saturated rings. The number of benzene rings is 3. The van der Waals surface area contributed by atoms with Crippen molar-refractivity contribution in [3.8, 4) is 0 Å². The number of nitrogens with zero attached hydrogens (tertiary/aromatic N) is 3. The second-order valence-corrected chi connectivity index (χ2v) is 9.32. The average Bonchev–Trinajstić information content (AvgIpc) is 3.30. The highest BCUT2D eigenvalue weighted by atomic mass is 79.9. The number of ketones is 1. The van der Waals surface area contributed by atoms with Crippen molar-refractivity contribution < 1.29 is 9.59 Å². The Kier molecular flexibility index (Phi) is 5.24. The van der Waals surface area contributed by atoms with E-state index in [1.807, 2.05) is 53.5 Å². The van der Waals surface area contributed by atoms with Crippen LogP contribution in [0.25, 0.3) is 0 Å². The van der Waals surface area contributed by atoms with Gasteiger partial charge in [0.05, 0.1) is 23.0 Å². The number of halogens is 2. The van der Waals surface area contributed by atoms with Crippen molar-refractivity contribution in [3.05, 3.63) is 98.4 Å². The number of hydrazone groups is 1. The summed E-state index contributed by atoms with van der Waals surface area (Å²) in [7, 11) is 0. The summed E-state index contributed by atoms with van der Waals surface area (Å²) in [5.74, 6) is -1.01. The van der Waals surface area contributed by atoms with Crippen LogP contribution in [0.1, 0.15) is 33.9 Å². The van der Waals surface area contributed by atoms with E-state index in [0.29, 0.717) is 17.7 Å². The van der Waals surface area contributed by atoms with Gasteiger partial charge >= 0.3 is 5.91 Å². The van der Waals surface area contributed by atoms with Gasteiger partial charge in [0, 0.05) is 15.4 Å². The lowest BCUT2D eigenvalue weighted by atomic mass is 9.99. The van der Waals surface area contributed by atoms with E-state index in [0.717, 1.165) is 25.8 Å². The fraction of sp³-hybridized carbons (Fsp3) is 0.125. The number of fused-ring (bicyclic) bond motifs is 1. The van der Waals surface area contributed by atoms with Crippen LogP contribution in [0.2, 0.25) is 0 Å². The molecule has 5 rings (SSSR count). The summed E-state index contributed by atoms with van der Waals surface area (Å²) >= 11 is 6.91. The Hall–Kier alpha value is -2.77. The number of hydrogen-bond donors (Lipinski definition) is 0. The lowest BCUT2D eigenvalue weighted by Gasteiger charge is -2.28. The van der Waals surface area contributed by atoms with Gasteiger partial charge in [0.1, 0.15) is 6.67 Å². The molecule has 0 spiro atoms. The van der Waals surface area contributed by atoms with Gasteiger partial charge in [-0.3, -0.25) is 19.5 Å². The van der Waals surface area contributed by atoms with Crippen molar-refractivity contribution in [2.45, 2.75) is 12.5 Å². The molecule has 0 bridgehead atoms. The van der Waals surface area contributed by atoms with Crippen LogP contribution in [0.4, 0.5) is 5.69 Å². The number of hydrogen-bond acceptors (Lipinski definition) is 4. The van der Waals surface area contributed by atoms with Crippen molar-refractivity contribution in [1.82, 2.24) is 5.01 Å². The van der Waals surface area contributed by atoms with Crippen molar-refractivity contribution in [2.75, 3.05) is 11.6 Å². The van der Waals surface area contributed by atoms with E-state index >= 15 is 0 Å². The summed E-state index contributed by atoms with van der Waals surface area (Å²) in [5.41, 5.74) is 4.14. The average molecular weight is 539 g/mol. The molecule has 0 N–H and O–H groups in total. The summed E-state index contributed by atoms with van der Waals surface area (Å²) in [5, 5.41) is 6.80. The summed E-state index contributed by atoms with van der Waals surface area (Å²) in [6.45, 7) is 0.205. The Morgan fingerprint density at radius 2 is 1.68 bits per heavy atom. The third kappa shape index (κ3) is 3.72. The van der Waals surface area contributed by atoms with Crippen molar-refractivity contribution in [3.63, 3.8) is 0 Å². The van der Waals surface area contributed by atoms with Crippen LogP contribution >= 0.6 is 31.9 Å². The van der Waals surface area contributed by atoms with Gasteiger partial charge in [0.15, 0.2) is 0 Å². The van der Waals surface area contributed by atoms with Crippen LogP contribution in [0, 0.1) is 0 Å². The third-order valence-electron chi connectivity index (χ3n) is 5.56. The first-order valence-corrected chi connectivity index (χ1v) is 11.4. The molecular formula is C24H17Br2N3O2. The first kappa shape index (κ1) is 20.2. The quantitative estimate of drug-likeness (QED) is 0.409. The predicted molar refractivity (Wildman–Crippen MR) is 127 cm³/mol. The van der Waals surface area contributed by atoms with Gasteiger partial charge in [-0.1, -0.05) is 74.3 Å². The van der Waals surface area contributed by atoms with Crippen LogP contribution in [0.5, 0.6) is 0 Å². The number of Topliss-reactive ketones (excluding diaryl/α,β-unsaturated/α-hetero) is 1. The van der Waals surface area contributed by atoms with Gasteiger partial charge in [-0.25, -0.2) is 0 Å². The van der Waals surface area contributed by atoms with Crippen molar-refractivity contribution >= 4 is 54.9 Å². The molecule has 0 unspecified atom stereocenters. The highest BCUT2D eigenvalue weighted by Gasteiger charge is 2.39. The number of rotatable bonds is 4. The first-order chi connectivity index (χ1) is 15.0. The van der Waals surface area contributed by atoms with E-state index < -0.39 is 11.7 Å². The van der Waals surface area contributed by atoms with Crippen molar-refractivity contribution in [2.24, 2.45) is 5.10 Å². The molecule has 1 atom stereocenters. The van der Waals surface area contributed by atoms with Gasteiger partial charge in [0.2, 0.25) is 0 Å². The maximum atomic E-state index is 12.8. The molecule has 0 saturated heterocycles. The molecule has 0 radical (unpaired) electrons. The normalized spacial score (nSPS) is 17.9. The topological polar surface area (TPSA) is 53.0 Å². The molecule has 2 aliphatic rings. The molecule has 2 aliphatic heterocycles. The summed E-state index contributed by atoms with van der Waals surface area (Å²) in [6.07, 6.45) is 0.712. The summed E-state index contributed by atoms with van der Waals surface area (Å²) in [4.78, 5) is 26.8. The number of anilines is 1. The second kappa shape index (κ2) is 8.05. The van der Waals surface area contributed by atoms with Gasteiger partial charge in [-0.05, 0) is 41.5 Å². The Morgan fingerprint density at radius 3 is 2.45 bits per heavy atom. The Labute approximate surface area is 196 Å². The highest BCUT2D eigenvalue weighted by Crippen LogP contribution is 2.36. The minimum atomic E-state index is -0.522. The molecule has 0 saturated carbocycles. The third-order valence-corrected chi connectivity index (χ3v) is 6.54. The zero-order valence-corrected chi connectivity index (χ0v) is 19.5. The lowest BCUT2D eigenvalue weighted by molar-refractivity contribution is -0.114. The molecule has 0 aromatic heterocycles. The van der Waals surface area contributed by atoms with E-state index in [1.54, 1.807) is 12.1 Å². The van der Waals surface area contributed by atoms with Crippen LogP contribution in [-0.2, 0) is 4.79 Å². The summed E-state index contributed by atoms with van der Waals surface area (Å²) < 4.78 is 1.76. The van der Waals surface area contributed by atoms with E-state index in [-0.39, 0.29) is 12.7 Å². The minimum Gasteiger partial charge on any atom is -0.285 e. The van der Waals surface area contributed by atoms with Gasteiger partial charge in [-0.2, -0.15) is 5.10 Å². The van der Waals surface area contributed by atoms with E-state index in [2.05, 4.69) is 44.0 Å². The monoisotopic (exact) mass is 537 g/mol. The van der Waals surface area contributed by atoms with Crippen LogP contribution < -0.4 is 4.90 Å². The molecule has 7 heteroatoms. The largest absolute Gasteiger partial charge is 0.301 e. The van der Waals surface area contributed by atoms with Crippen LogP contribution in [0.3, 0.4) is 0 Å². The van der Waals surface area contributed by atoms with Gasteiger partial charge in [0.25, 0.3) is 5.78 Å². The maximum Gasteiger partial charge on any atom is 0.301 e. The minimum absolute atomic E-state index is 0.0300. The van der Waals surface area contributed by atoms with E-state index in [1.165, 1.54) is 4.90 Å². The first-order valence-electron chi connectivity index (χ1n) is 9.82. The molecule has 31 heavy (non-hydrogen) atoms. The van der Waals surface area contributed by atoms with Gasteiger partial charge in [-0.15, -0.1) is 0 Å². The molecular weight excluding hydrogens is 522 g/mol. The van der Waals surface area contributed by atoms with E-state index in [4.69, 9.17) is 5.10 Å². The second-order valence-electron chi connectivity index (χ2n) is 7.49. The summed E-state index contributed by atoms with van der Waals surface area (Å²) in [6, 6.07) is 23.5. The Balaban J connectivity index is 1.52. The molecule has 1 amide bonds. The van der Waals surface area contributed by atoms with Crippen molar-refractivity contribution in [1.29, 1.82) is 0 Å². The lowest BCUT2D eigenvalue weighted by Crippen LogP contribution is -2.39. The smallest absolute Gasteiger partial charge is 0.285 e. The standard InChI is InChI=1S/C24H17Br2N3O2/c25-17-8-4-7-16(11-17)20-13-22(15-5-2-1-3-6-15)29(27-20)14-28-21-10-9-18(26)12-19(21)23(30)24(28)31/h1-12,22H,13-14H2/t22-/m0/s1. The molecule has 3 aromatic rings. The zero-order chi connectivity index (χ0) is 21.5. The molecule has 2 heterocycles. The SMILES string of the molecule is O=C1C(=O)N(CN2N=C(c3cccc(Br)c3)C[C@H]2c2ccccc2)c2ccc(Br)cc21. The van der Waals surface area contributed by atoms with Crippen LogP contribution in [-0.4, -0.2) is 29.1 Å². The van der Waals surface area contributed by atoms with Gasteiger partial charge < -0.3 is 0 Å². The number of carbonyl (C=O) groups is 2. The molecule has 0 aliphatic carbocycles. The molecule has 5 nitrogen and oxygen atoms in total. The molecule has 3 aromatic carbocycles. The fourth-order valence-electron chi connectivity index (χ4n) is 4.05. The Morgan fingerprint density at radius 1 is 0.903 bits per heavy atom. The number of carbonyl (C=O) groups excluding carboxylic acids is 2. The Bertz CT molecular complexity index is 1230. The predicted octanol–water partition coefficient (Wildman–Crippen LogP) is 5.55. The van der Waals surface area contributed by atoms with Crippen LogP contribution in [0.15, 0.2) is 86.8 Å². The molecule has 154 valence electrons. The fourth-order valence-corrected chi connectivity index (χ4v) is 4.81. The highest BCUT2D eigenvalue weighted by molar-refractivity contribution is 9.10. The maximum absolute atomic E-state index is 12.8. The number of amides is 1. The van der Waals surface area contributed by atoms with E-state index in [9.17, 15) is 9.59 Å². The zero-order valence-electron chi connectivity index (χ0n) is 16.3.